The number of nitrogen functional groups attached to an aromatic ring is 1. The monoisotopic (exact) mass is 347 g/mol. The van der Waals surface area contributed by atoms with Gasteiger partial charge in [0.15, 0.2) is 5.82 Å². The number of para-hydroxylation sites is 1. The number of hydrogen-bond acceptors (Lipinski definition) is 7. The fourth-order valence-electron chi connectivity index (χ4n) is 2.66. The summed E-state index contributed by atoms with van der Waals surface area (Å²) in [4.78, 5) is 4.63. The number of ether oxygens (including phenoxy) is 1. The Bertz CT molecular complexity index is 776. The van der Waals surface area contributed by atoms with Crippen molar-refractivity contribution in [3.63, 3.8) is 0 Å². The van der Waals surface area contributed by atoms with Crippen LogP contribution in [0.3, 0.4) is 0 Å². The summed E-state index contributed by atoms with van der Waals surface area (Å²) >= 11 is 3.26. The van der Waals surface area contributed by atoms with Crippen LogP contribution in [-0.2, 0) is 10.5 Å². The second-order valence-electron chi connectivity index (χ2n) is 5.43. The molecule has 23 heavy (non-hydrogen) atoms. The van der Waals surface area contributed by atoms with E-state index in [1.807, 2.05) is 18.2 Å². The predicted octanol–water partition coefficient (Wildman–Crippen LogP) is 3.14. The zero-order valence-corrected chi connectivity index (χ0v) is 14.1. The second kappa shape index (κ2) is 6.46. The molecule has 1 atom stereocenters. The Labute approximate surface area is 142 Å². The molecule has 1 saturated heterocycles. The lowest BCUT2D eigenvalue weighted by molar-refractivity contribution is 0.00780. The number of thioether (sulfide) groups is 1. The Hall–Kier alpha value is -1.64. The van der Waals surface area contributed by atoms with Crippen LogP contribution < -0.4 is 5.84 Å². The van der Waals surface area contributed by atoms with E-state index in [0.29, 0.717) is 5.16 Å². The molecule has 0 unspecified atom stereocenters. The third-order valence-corrected chi connectivity index (χ3v) is 5.99. The van der Waals surface area contributed by atoms with Crippen molar-refractivity contribution in [2.24, 2.45) is 0 Å². The highest BCUT2D eigenvalue weighted by Gasteiger charge is 2.23. The van der Waals surface area contributed by atoms with E-state index in [9.17, 15) is 0 Å². The lowest BCUT2D eigenvalue weighted by atomic mass is 10.1. The average Bonchev–Trinajstić information content (AvgIpc) is 3.17. The molecule has 0 radical (unpaired) electrons. The maximum absolute atomic E-state index is 6.15. The van der Waals surface area contributed by atoms with E-state index >= 15 is 0 Å². The zero-order valence-electron chi connectivity index (χ0n) is 12.5. The van der Waals surface area contributed by atoms with Crippen LogP contribution in [0.4, 0.5) is 0 Å². The standard InChI is InChI=1S/C15H17N5OS2/c16-20-14(11-6-3-4-8-21-11)18-19-15(20)22-9-13-17-10-5-1-2-7-12(10)23-13/h1-2,5,7,11H,3-4,6,8-9,16H2/t11-/m1/s1. The Morgan fingerprint density at radius 3 is 3.04 bits per heavy atom. The van der Waals surface area contributed by atoms with E-state index in [4.69, 9.17) is 10.6 Å². The van der Waals surface area contributed by atoms with Gasteiger partial charge in [0.2, 0.25) is 5.16 Å². The third kappa shape index (κ3) is 3.06. The van der Waals surface area contributed by atoms with E-state index in [1.165, 1.54) is 4.70 Å². The third-order valence-electron chi connectivity index (χ3n) is 3.82. The molecule has 0 bridgehead atoms. The van der Waals surface area contributed by atoms with Gasteiger partial charge in [-0.1, -0.05) is 23.9 Å². The second-order valence-corrected chi connectivity index (χ2v) is 7.49. The number of rotatable bonds is 4. The Kier molecular flexibility index (Phi) is 4.19. The van der Waals surface area contributed by atoms with E-state index in [2.05, 4.69) is 21.2 Å². The maximum Gasteiger partial charge on any atom is 0.210 e. The van der Waals surface area contributed by atoms with Crippen molar-refractivity contribution in [3.8, 4) is 0 Å². The summed E-state index contributed by atoms with van der Waals surface area (Å²) in [5.41, 5.74) is 1.04. The largest absolute Gasteiger partial charge is 0.370 e. The summed E-state index contributed by atoms with van der Waals surface area (Å²) in [7, 11) is 0. The first kappa shape index (κ1) is 14.9. The molecule has 6 nitrogen and oxygen atoms in total. The number of aromatic nitrogens is 4. The first-order valence-electron chi connectivity index (χ1n) is 7.60. The minimum atomic E-state index is -0.0296. The van der Waals surface area contributed by atoms with Crippen LogP contribution in [0.25, 0.3) is 10.2 Å². The summed E-state index contributed by atoms with van der Waals surface area (Å²) in [6.45, 7) is 0.770. The fourth-order valence-corrected chi connectivity index (χ4v) is 4.48. The van der Waals surface area contributed by atoms with Gasteiger partial charge in [0.05, 0.1) is 16.0 Å². The van der Waals surface area contributed by atoms with Gasteiger partial charge in [0, 0.05) is 6.61 Å². The molecule has 1 fully saturated rings. The molecule has 3 heterocycles. The highest BCUT2D eigenvalue weighted by atomic mass is 32.2. The van der Waals surface area contributed by atoms with Crippen LogP contribution in [0, 0.1) is 0 Å². The molecular weight excluding hydrogens is 330 g/mol. The number of nitrogens with zero attached hydrogens (tertiary/aromatic N) is 4. The molecule has 4 rings (SSSR count). The van der Waals surface area contributed by atoms with Gasteiger partial charge in [-0.3, -0.25) is 0 Å². The smallest absolute Gasteiger partial charge is 0.210 e. The Balaban J connectivity index is 1.47. The first-order chi connectivity index (χ1) is 11.3. The van der Waals surface area contributed by atoms with Gasteiger partial charge in [0.25, 0.3) is 0 Å². The highest BCUT2D eigenvalue weighted by molar-refractivity contribution is 7.98. The van der Waals surface area contributed by atoms with Crippen molar-refractivity contribution in [3.05, 3.63) is 35.1 Å². The molecule has 2 aromatic heterocycles. The molecule has 0 spiro atoms. The van der Waals surface area contributed by atoms with Crippen molar-refractivity contribution in [1.82, 2.24) is 19.9 Å². The van der Waals surface area contributed by atoms with E-state index in [0.717, 1.165) is 48.0 Å². The van der Waals surface area contributed by atoms with Gasteiger partial charge >= 0.3 is 0 Å². The number of hydrogen-bond donors (Lipinski definition) is 1. The Morgan fingerprint density at radius 1 is 1.30 bits per heavy atom. The predicted molar refractivity (Wildman–Crippen MR) is 91.9 cm³/mol. The molecule has 0 amide bonds. The number of thiazole rings is 1. The van der Waals surface area contributed by atoms with Crippen molar-refractivity contribution in [1.29, 1.82) is 0 Å². The summed E-state index contributed by atoms with van der Waals surface area (Å²) in [6, 6.07) is 8.16. The molecule has 3 aromatic rings. The molecule has 2 N–H and O–H groups in total. The summed E-state index contributed by atoms with van der Waals surface area (Å²) in [5.74, 6) is 7.60. The highest BCUT2D eigenvalue weighted by Crippen LogP contribution is 2.30. The van der Waals surface area contributed by atoms with Crippen molar-refractivity contribution < 1.29 is 4.74 Å². The van der Waals surface area contributed by atoms with Gasteiger partial charge in [0.1, 0.15) is 11.1 Å². The van der Waals surface area contributed by atoms with Crippen LogP contribution in [-0.4, -0.2) is 26.5 Å². The molecule has 1 aliphatic heterocycles. The van der Waals surface area contributed by atoms with Crippen molar-refractivity contribution >= 4 is 33.3 Å². The quantitative estimate of drug-likeness (QED) is 0.577. The summed E-state index contributed by atoms with van der Waals surface area (Å²) < 4.78 is 8.50. The molecule has 0 saturated carbocycles. The van der Waals surface area contributed by atoms with Crippen LogP contribution >= 0.6 is 23.1 Å². The lowest BCUT2D eigenvalue weighted by Gasteiger charge is -2.21. The SMILES string of the molecule is Nn1c(SCc2nc3ccccc3s2)nnc1[C@H]1CCCCO1. The molecule has 1 aromatic carbocycles. The van der Waals surface area contributed by atoms with Crippen molar-refractivity contribution in [2.75, 3.05) is 12.4 Å². The summed E-state index contributed by atoms with van der Waals surface area (Å²) in [5, 5.41) is 10.2. The molecule has 120 valence electrons. The van der Waals surface area contributed by atoms with Gasteiger partial charge in [-0.05, 0) is 31.4 Å². The summed E-state index contributed by atoms with van der Waals surface area (Å²) in [6.07, 6.45) is 3.18. The van der Waals surface area contributed by atoms with Gasteiger partial charge in [-0.15, -0.1) is 21.5 Å². The van der Waals surface area contributed by atoms with Crippen LogP contribution in [0.5, 0.6) is 0 Å². The topological polar surface area (TPSA) is 78.9 Å². The van der Waals surface area contributed by atoms with E-state index in [1.54, 1.807) is 27.8 Å². The average molecular weight is 347 g/mol. The zero-order chi connectivity index (χ0) is 15.6. The molecule has 0 aliphatic carbocycles. The number of nitrogens with two attached hydrogens (primary N) is 1. The van der Waals surface area contributed by atoms with Gasteiger partial charge < -0.3 is 10.6 Å². The van der Waals surface area contributed by atoms with Gasteiger partial charge in [-0.2, -0.15) is 0 Å². The first-order valence-corrected chi connectivity index (χ1v) is 9.41. The lowest BCUT2D eigenvalue weighted by Crippen LogP contribution is -2.21. The normalized spacial score (nSPS) is 18.5. The number of benzene rings is 1. The van der Waals surface area contributed by atoms with Gasteiger partial charge in [-0.25, -0.2) is 9.66 Å². The molecule has 1 aliphatic rings. The Morgan fingerprint density at radius 2 is 2.22 bits per heavy atom. The molecule has 8 heteroatoms. The minimum absolute atomic E-state index is 0.0296. The van der Waals surface area contributed by atoms with Crippen LogP contribution in [0.1, 0.15) is 36.2 Å². The van der Waals surface area contributed by atoms with Crippen LogP contribution in [0.15, 0.2) is 29.4 Å². The van der Waals surface area contributed by atoms with Crippen LogP contribution in [0.2, 0.25) is 0 Å². The van der Waals surface area contributed by atoms with Crippen molar-refractivity contribution in [2.45, 2.75) is 36.3 Å². The fraction of sp³-hybridized carbons (Fsp3) is 0.400. The maximum atomic E-state index is 6.15. The van der Waals surface area contributed by atoms with E-state index < -0.39 is 0 Å². The molecular formula is C15H17N5OS2. The number of fused-ring (bicyclic) bond motifs is 1. The minimum Gasteiger partial charge on any atom is -0.370 e. The van der Waals surface area contributed by atoms with E-state index in [-0.39, 0.29) is 6.10 Å².